The maximum absolute atomic E-state index is 5.98. The number of rotatable bonds is 1. The van der Waals surface area contributed by atoms with E-state index in [0.717, 1.165) is 27.7 Å². The van der Waals surface area contributed by atoms with Gasteiger partial charge in [-0.1, -0.05) is 12.1 Å². The van der Waals surface area contributed by atoms with Crippen LogP contribution >= 0.6 is 0 Å². The number of hydrogen-bond donors (Lipinski definition) is 2. The number of nitrogens with two attached hydrogens (primary N) is 1. The summed E-state index contributed by atoms with van der Waals surface area (Å²) in [4.78, 5) is 0. The Kier molecular flexibility index (Phi) is 2.33. The van der Waals surface area contributed by atoms with Crippen LogP contribution in [0.25, 0.3) is 22.0 Å². The lowest BCUT2D eigenvalue weighted by molar-refractivity contribution is 1.12. The van der Waals surface area contributed by atoms with Gasteiger partial charge in [-0.2, -0.15) is 5.10 Å². The van der Waals surface area contributed by atoms with E-state index in [1.54, 1.807) is 0 Å². The third-order valence-electron chi connectivity index (χ3n) is 3.38. The molecule has 2 aromatic carbocycles. The number of anilines is 1. The zero-order chi connectivity index (χ0) is 12.7. The molecule has 18 heavy (non-hydrogen) atoms. The molecule has 0 aliphatic carbocycles. The molecule has 1 heterocycles. The van der Waals surface area contributed by atoms with E-state index in [2.05, 4.69) is 41.4 Å². The Morgan fingerprint density at radius 3 is 2.67 bits per heavy atom. The summed E-state index contributed by atoms with van der Waals surface area (Å²) in [6, 6.07) is 10.5. The van der Waals surface area contributed by atoms with Crippen molar-refractivity contribution in [3.8, 4) is 11.1 Å². The van der Waals surface area contributed by atoms with E-state index in [1.807, 2.05) is 19.2 Å². The van der Waals surface area contributed by atoms with Gasteiger partial charge in [0.25, 0.3) is 0 Å². The molecular weight excluding hydrogens is 222 g/mol. The molecule has 0 saturated carbocycles. The Balaban J connectivity index is 2.23. The van der Waals surface area contributed by atoms with Crippen molar-refractivity contribution >= 4 is 16.6 Å². The normalized spacial score (nSPS) is 11.0. The summed E-state index contributed by atoms with van der Waals surface area (Å²) >= 11 is 0. The fraction of sp³-hybridized carbons (Fsp3) is 0.133. The van der Waals surface area contributed by atoms with Gasteiger partial charge in [0.05, 0.1) is 11.7 Å². The molecule has 1 aromatic heterocycles. The van der Waals surface area contributed by atoms with Crippen molar-refractivity contribution in [2.24, 2.45) is 0 Å². The average molecular weight is 237 g/mol. The number of fused-ring (bicyclic) bond motifs is 1. The van der Waals surface area contributed by atoms with Crippen LogP contribution in [-0.2, 0) is 0 Å². The summed E-state index contributed by atoms with van der Waals surface area (Å²) in [5.41, 5.74) is 12.5. The first-order chi connectivity index (χ1) is 8.65. The van der Waals surface area contributed by atoms with Crippen LogP contribution in [0.3, 0.4) is 0 Å². The highest BCUT2D eigenvalue weighted by molar-refractivity contribution is 5.86. The molecule has 0 aliphatic rings. The molecule has 3 aromatic rings. The molecule has 0 aliphatic heterocycles. The van der Waals surface area contributed by atoms with Crippen LogP contribution in [0.1, 0.15) is 11.1 Å². The molecule has 0 unspecified atom stereocenters. The molecule has 3 heteroatoms. The van der Waals surface area contributed by atoms with E-state index in [9.17, 15) is 0 Å². The van der Waals surface area contributed by atoms with Gasteiger partial charge in [-0.05, 0) is 54.3 Å². The van der Waals surface area contributed by atoms with Gasteiger partial charge in [0, 0.05) is 11.1 Å². The first kappa shape index (κ1) is 10.8. The summed E-state index contributed by atoms with van der Waals surface area (Å²) in [5.74, 6) is 0. The molecule has 0 bridgehead atoms. The number of H-pyrrole nitrogens is 1. The van der Waals surface area contributed by atoms with Gasteiger partial charge in [-0.25, -0.2) is 0 Å². The van der Waals surface area contributed by atoms with Crippen molar-refractivity contribution in [3.63, 3.8) is 0 Å². The highest BCUT2D eigenvalue weighted by atomic mass is 15.1. The van der Waals surface area contributed by atoms with Crippen molar-refractivity contribution in [2.45, 2.75) is 13.8 Å². The minimum atomic E-state index is 0.830. The van der Waals surface area contributed by atoms with Gasteiger partial charge in [0.1, 0.15) is 0 Å². The Morgan fingerprint density at radius 1 is 1.06 bits per heavy atom. The minimum absolute atomic E-state index is 0.830. The van der Waals surface area contributed by atoms with E-state index in [1.165, 1.54) is 11.1 Å². The quantitative estimate of drug-likeness (QED) is 0.637. The molecule has 3 nitrogen and oxygen atoms in total. The van der Waals surface area contributed by atoms with Crippen molar-refractivity contribution in [1.29, 1.82) is 0 Å². The van der Waals surface area contributed by atoms with Gasteiger partial charge in [0.15, 0.2) is 0 Å². The Morgan fingerprint density at radius 2 is 1.89 bits per heavy atom. The number of nitrogen functional groups attached to an aromatic ring is 1. The van der Waals surface area contributed by atoms with Crippen LogP contribution in [0.2, 0.25) is 0 Å². The van der Waals surface area contributed by atoms with Crippen LogP contribution < -0.4 is 5.73 Å². The van der Waals surface area contributed by atoms with Crippen LogP contribution in [0.4, 0.5) is 5.69 Å². The molecule has 0 radical (unpaired) electrons. The molecule has 90 valence electrons. The van der Waals surface area contributed by atoms with Crippen LogP contribution in [-0.4, -0.2) is 10.2 Å². The molecule has 0 fully saturated rings. The Bertz CT molecular complexity index is 726. The van der Waals surface area contributed by atoms with Gasteiger partial charge < -0.3 is 5.73 Å². The molecule has 0 atom stereocenters. The maximum atomic E-state index is 5.98. The minimum Gasteiger partial charge on any atom is -0.398 e. The van der Waals surface area contributed by atoms with Gasteiger partial charge in [0.2, 0.25) is 0 Å². The second-order valence-electron chi connectivity index (χ2n) is 4.70. The van der Waals surface area contributed by atoms with E-state index >= 15 is 0 Å². The smallest absolute Gasteiger partial charge is 0.0656 e. The first-order valence-electron chi connectivity index (χ1n) is 5.95. The van der Waals surface area contributed by atoms with E-state index in [4.69, 9.17) is 5.73 Å². The van der Waals surface area contributed by atoms with Crippen molar-refractivity contribution in [1.82, 2.24) is 10.2 Å². The summed E-state index contributed by atoms with van der Waals surface area (Å²) in [6.07, 6.45) is 1.84. The van der Waals surface area contributed by atoms with Crippen molar-refractivity contribution < 1.29 is 0 Å². The number of benzene rings is 2. The second kappa shape index (κ2) is 3.88. The van der Waals surface area contributed by atoms with Gasteiger partial charge in [-0.15, -0.1) is 0 Å². The number of aryl methyl sites for hydroxylation is 2. The lowest BCUT2D eigenvalue weighted by Crippen LogP contribution is -1.91. The fourth-order valence-corrected chi connectivity index (χ4v) is 2.22. The lowest BCUT2D eigenvalue weighted by Gasteiger charge is -2.09. The van der Waals surface area contributed by atoms with E-state index in [0.29, 0.717) is 0 Å². The SMILES string of the molecule is Cc1ccc(-c2cc3[nH]ncc3cc2C)cc1N. The highest BCUT2D eigenvalue weighted by Gasteiger charge is 2.06. The van der Waals surface area contributed by atoms with Crippen LogP contribution in [0, 0.1) is 13.8 Å². The van der Waals surface area contributed by atoms with Gasteiger partial charge in [-0.3, -0.25) is 5.10 Å². The number of aromatic amines is 1. The lowest BCUT2D eigenvalue weighted by atomic mass is 9.97. The molecule has 0 spiro atoms. The van der Waals surface area contributed by atoms with Crippen molar-refractivity contribution in [2.75, 3.05) is 5.73 Å². The predicted octanol–water partition coefficient (Wildman–Crippen LogP) is 3.43. The highest BCUT2D eigenvalue weighted by Crippen LogP contribution is 2.29. The molecule has 3 rings (SSSR count). The Hall–Kier alpha value is -2.29. The predicted molar refractivity (Wildman–Crippen MR) is 75.4 cm³/mol. The van der Waals surface area contributed by atoms with Crippen molar-refractivity contribution in [3.05, 3.63) is 47.7 Å². The zero-order valence-electron chi connectivity index (χ0n) is 10.5. The van der Waals surface area contributed by atoms with Crippen LogP contribution in [0.5, 0.6) is 0 Å². The van der Waals surface area contributed by atoms with E-state index in [-0.39, 0.29) is 0 Å². The summed E-state index contributed by atoms with van der Waals surface area (Å²) in [6.45, 7) is 4.13. The maximum Gasteiger partial charge on any atom is 0.0656 e. The fourth-order valence-electron chi connectivity index (χ4n) is 2.22. The number of aromatic nitrogens is 2. The largest absolute Gasteiger partial charge is 0.398 e. The summed E-state index contributed by atoms with van der Waals surface area (Å²) in [7, 11) is 0. The average Bonchev–Trinajstić information content (AvgIpc) is 2.79. The zero-order valence-corrected chi connectivity index (χ0v) is 10.5. The third kappa shape index (κ3) is 1.64. The second-order valence-corrected chi connectivity index (χ2v) is 4.70. The molecule has 3 N–H and O–H groups in total. The first-order valence-corrected chi connectivity index (χ1v) is 5.95. The third-order valence-corrected chi connectivity index (χ3v) is 3.38. The number of nitrogens with one attached hydrogen (secondary N) is 1. The van der Waals surface area contributed by atoms with Gasteiger partial charge >= 0.3 is 0 Å². The molecular formula is C15H15N3. The topological polar surface area (TPSA) is 54.7 Å². The Labute approximate surface area is 106 Å². The number of nitrogens with zero attached hydrogens (tertiary/aromatic N) is 1. The monoisotopic (exact) mass is 237 g/mol. The standard InChI is InChI=1S/C15H15N3/c1-9-3-4-11(6-14(9)16)13-7-15-12(5-10(13)2)8-17-18-15/h3-8H,16H2,1-2H3,(H,17,18). The summed E-state index contributed by atoms with van der Waals surface area (Å²) in [5, 5.41) is 8.20. The molecule has 0 amide bonds. The molecule has 0 saturated heterocycles. The van der Waals surface area contributed by atoms with Crippen LogP contribution in [0.15, 0.2) is 36.5 Å². The summed E-state index contributed by atoms with van der Waals surface area (Å²) < 4.78 is 0. The number of hydrogen-bond acceptors (Lipinski definition) is 2. The van der Waals surface area contributed by atoms with E-state index < -0.39 is 0 Å².